The molecule has 0 saturated heterocycles. The number of nitrogens with zero attached hydrogens (tertiary/aromatic N) is 2. The minimum atomic E-state index is -0.0625. The van der Waals surface area contributed by atoms with Crippen molar-refractivity contribution in [1.29, 1.82) is 0 Å². The van der Waals surface area contributed by atoms with Crippen molar-refractivity contribution in [3.05, 3.63) is 20.2 Å². The Kier molecular flexibility index (Phi) is 39.7. The van der Waals surface area contributed by atoms with E-state index in [0.717, 1.165) is 10.7 Å². The zero-order valence-electron chi connectivity index (χ0n) is 11.9. The second-order valence-electron chi connectivity index (χ2n) is 3.31. The van der Waals surface area contributed by atoms with Gasteiger partial charge in [-0.15, -0.1) is 10.7 Å². The fourth-order valence-electron chi connectivity index (χ4n) is 0.701. The molecular weight excluding hydrogens is 335 g/mol. The predicted octanol–water partition coefficient (Wildman–Crippen LogP) is 1.61. The summed E-state index contributed by atoms with van der Waals surface area (Å²) in [5.74, 6) is -0.250. The summed E-state index contributed by atoms with van der Waals surface area (Å²) >= 11 is 0. The Morgan fingerprint density at radius 2 is 0.762 bits per heavy atom. The average molecular weight is 351 g/mol. The van der Waals surface area contributed by atoms with E-state index in [4.69, 9.17) is 20.2 Å². The van der Waals surface area contributed by atoms with Gasteiger partial charge in [0, 0.05) is 16.8 Å². The van der Waals surface area contributed by atoms with Crippen LogP contribution in [0.25, 0.3) is 0 Å². The molecule has 21 heavy (non-hydrogen) atoms. The first kappa shape index (κ1) is 31.4. The Labute approximate surface area is 131 Å². The summed E-state index contributed by atoms with van der Waals surface area (Å²) in [5.41, 5.74) is 0. The molecule has 0 fully saturated rings. The zero-order valence-corrected chi connectivity index (χ0v) is 12.9. The van der Waals surface area contributed by atoms with Crippen LogP contribution in [0.1, 0.15) is 40.5 Å². The molecule has 0 unspecified atom stereocenters. The fourth-order valence-corrected chi connectivity index (χ4v) is 0.701. The van der Waals surface area contributed by atoms with E-state index < -0.39 is 0 Å². The van der Waals surface area contributed by atoms with Gasteiger partial charge in [0.25, 0.3) is 0 Å². The first-order valence-electron chi connectivity index (χ1n) is 4.96. The number of ketones is 4. The quantitative estimate of drug-likeness (QED) is 0.417. The molecule has 10 nitrogen and oxygen atoms in total. The van der Waals surface area contributed by atoms with E-state index >= 15 is 0 Å². The smallest absolute Gasteiger partial charge is 0.137 e. The van der Waals surface area contributed by atoms with Crippen LogP contribution in [0.4, 0.5) is 0 Å². The normalized spacial score (nSPS) is 6.67. The van der Waals surface area contributed by atoms with Crippen molar-refractivity contribution >= 4 is 23.1 Å². The van der Waals surface area contributed by atoms with Crippen LogP contribution in [0, 0.1) is 20.2 Å². The molecule has 0 aliphatic rings. The SMILES string of the molecule is CC(=O)CC(C)=O.CC(=O)CC(C)=O.O=N[O-].O=N[O-].[Co]. The van der Waals surface area contributed by atoms with Gasteiger partial charge >= 0.3 is 0 Å². The maximum absolute atomic E-state index is 10.0. The molecular formula is C10H16CoN2O8-2. The Bertz CT molecular complexity index is 277. The van der Waals surface area contributed by atoms with Crippen LogP contribution in [-0.2, 0) is 36.0 Å². The molecule has 0 aromatic rings. The molecule has 0 aliphatic heterocycles. The predicted molar refractivity (Wildman–Crippen MR) is 70.3 cm³/mol. The van der Waals surface area contributed by atoms with E-state index in [2.05, 4.69) is 0 Å². The first-order chi connectivity index (χ1) is 9.08. The molecule has 0 atom stereocenters. The number of hydrogen-bond acceptors (Lipinski definition) is 10. The van der Waals surface area contributed by atoms with Crippen molar-refractivity contribution in [3.63, 3.8) is 0 Å². The summed E-state index contributed by atoms with van der Waals surface area (Å²) in [7, 11) is 0. The van der Waals surface area contributed by atoms with E-state index in [1.54, 1.807) is 0 Å². The molecule has 1 radical (unpaired) electrons. The minimum absolute atomic E-state index is 0. The van der Waals surface area contributed by atoms with Crippen LogP contribution in [-0.4, -0.2) is 23.1 Å². The van der Waals surface area contributed by atoms with E-state index in [1.165, 1.54) is 27.7 Å². The molecule has 0 aliphatic carbocycles. The summed E-state index contributed by atoms with van der Waals surface area (Å²) in [6.07, 6.45) is 0.167. The molecule has 0 bridgehead atoms. The van der Waals surface area contributed by atoms with Crippen LogP contribution >= 0.6 is 0 Å². The van der Waals surface area contributed by atoms with E-state index in [9.17, 15) is 19.2 Å². The average Bonchev–Trinajstić information content (AvgIpc) is 2.15. The molecule has 0 aromatic heterocycles. The molecule has 0 aromatic carbocycles. The van der Waals surface area contributed by atoms with Crippen LogP contribution in [0.5, 0.6) is 0 Å². The van der Waals surface area contributed by atoms with E-state index in [0.29, 0.717) is 0 Å². The summed E-state index contributed by atoms with van der Waals surface area (Å²) in [5, 5.41) is 18.0. The molecule has 125 valence electrons. The van der Waals surface area contributed by atoms with Crippen molar-refractivity contribution in [2.24, 2.45) is 10.7 Å². The molecule has 0 amide bonds. The van der Waals surface area contributed by atoms with Crippen LogP contribution in [0.3, 0.4) is 0 Å². The zero-order chi connectivity index (χ0) is 17.1. The van der Waals surface area contributed by atoms with Gasteiger partial charge in [0.1, 0.15) is 23.1 Å². The van der Waals surface area contributed by atoms with Gasteiger partial charge in [0.05, 0.1) is 12.8 Å². The third-order valence-electron chi connectivity index (χ3n) is 0.996. The van der Waals surface area contributed by atoms with Crippen molar-refractivity contribution < 1.29 is 36.0 Å². The Hall–Kier alpha value is -2.01. The largest absolute Gasteiger partial charge is 0.444 e. The first-order valence-corrected chi connectivity index (χ1v) is 4.96. The summed E-state index contributed by atoms with van der Waals surface area (Å²) in [6, 6.07) is 0. The third-order valence-corrected chi connectivity index (χ3v) is 0.996. The van der Waals surface area contributed by atoms with Gasteiger partial charge in [0.2, 0.25) is 0 Å². The van der Waals surface area contributed by atoms with Gasteiger partial charge in [-0.25, -0.2) is 0 Å². The molecule has 0 rings (SSSR count). The molecule has 0 spiro atoms. The summed E-state index contributed by atoms with van der Waals surface area (Å²) in [4.78, 5) is 56.1. The second-order valence-corrected chi connectivity index (χ2v) is 3.31. The maximum Gasteiger partial charge on any atom is 0.137 e. The maximum atomic E-state index is 10.0. The van der Waals surface area contributed by atoms with E-state index in [-0.39, 0.29) is 52.8 Å². The van der Waals surface area contributed by atoms with Gasteiger partial charge in [-0.3, -0.25) is 19.2 Å². The Morgan fingerprint density at radius 1 is 0.667 bits per heavy atom. The number of carbonyl (C=O) groups excluding carboxylic acids is 4. The number of Topliss-reactive ketones (excluding diaryl/α,β-unsaturated/α-hetero) is 4. The summed E-state index contributed by atoms with van der Waals surface area (Å²) in [6.45, 7) is 5.62. The van der Waals surface area contributed by atoms with Gasteiger partial charge in [-0.1, -0.05) is 0 Å². The number of rotatable bonds is 4. The van der Waals surface area contributed by atoms with Crippen molar-refractivity contribution in [3.8, 4) is 0 Å². The van der Waals surface area contributed by atoms with Crippen LogP contribution in [0.15, 0.2) is 10.7 Å². The molecule has 0 saturated carbocycles. The molecule has 11 heteroatoms. The van der Waals surface area contributed by atoms with Crippen LogP contribution in [0.2, 0.25) is 0 Å². The van der Waals surface area contributed by atoms with Crippen molar-refractivity contribution in [2.75, 3.05) is 0 Å². The summed E-state index contributed by atoms with van der Waals surface area (Å²) < 4.78 is 0. The monoisotopic (exact) mass is 351 g/mol. The van der Waals surface area contributed by atoms with E-state index in [1.807, 2.05) is 0 Å². The Morgan fingerprint density at radius 3 is 0.762 bits per heavy atom. The Balaban J connectivity index is -0.0000000576. The van der Waals surface area contributed by atoms with Gasteiger partial charge in [-0.2, -0.15) is 0 Å². The van der Waals surface area contributed by atoms with Gasteiger partial charge in [0.15, 0.2) is 0 Å². The third kappa shape index (κ3) is 128. The topological polar surface area (TPSA) is 173 Å². The fraction of sp³-hybridized carbons (Fsp3) is 0.600. The van der Waals surface area contributed by atoms with Gasteiger partial charge < -0.3 is 20.2 Å². The standard InChI is InChI=1S/2C5H8O2.Co.2HNO2/c2*1-4(6)3-5(2)7;;2*2-1-3/h2*3H2,1-2H3;;2*(H,2,3)/p-2. The van der Waals surface area contributed by atoms with Crippen molar-refractivity contribution in [1.82, 2.24) is 0 Å². The number of hydrogen-bond donors (Lipinski definition) is 0. The minimum Gasteiger partial charge on any atom is -0.444 e. The van der Waals surface area contributed by atoms with Crippen molar-refractivity contribution in [2.45, 2.75) is 40.5 Å². The molecule has 0 N–H and O–H groups in total. The second kappa shape index (κ2) is 26.5. The number of carbonyl (C=O) groups is 4. The van der Waals surface area contributed by atoms with Gasteiger partial charge in [-0.05, 0) is 27.7 Å². The molecule has 0 heterocycles. The van der Waals surface area contributed by atoms with Crippen LogP contribution < -0.4 is 0 Å².